The van der Waals surface area contributed by atoms with Crippen LogP contribution in [0.4, 0.5) is 0 Å². The van der Waals surface area contributed by atoms with Crippen LogP contribution < -0.4 is 5.32 Å². The second-order valence-corrected chi connectivity index (χ2v) is 4.77. The molecule has 1 rings (SSSR count). The van der Waals surface area contributed by atoms with E-state index in [-0.39, 0.29) is 0 Å². The van der Waals surface area contributed by atoms with Crippen molar-refractivity contribution in [3.05, 3.63) is 0 Å². The molecule has 2 heteroatoms. The maximum atomic E-state index is 3.50. The van der Waals surface area contributed by atoms with E-state index in [9.17, 15) is 0 Å². The summed E-state index contributed by atoms with van der Waals surface area (Å²) in [7, 11) is 4.37. The van der Waals surface area contributed by atoms with Crippen molar-refractivity contribution >= 4 is 0 Å². The van der Waals surface area contributed by atoms with Gasteiger partial charge in [0.2, 0.25) is 0 Å². The monoisotopic (exact) mass is 184 g/mol. The molecule has 0 bridgehead atoms. The molecule has 1 unspecified atom stereocenters. The summed E-state index contributed by atoms with van der Waals surface area (Å²) in [4.78, 5) is 2.34. The minimum absolute atomic E-state index is 0.583. The Bertz CT molecular complexity index is 137. The summed E-state index contributed by atoms with van der Waals surface area (Å²) in [6.45, 7) is 5.98. The summed E-state index contributed by atoms with van der Waals surface area (Å²) in [5.41, 5.74) is 0.583. The van der Waals surface area contributed by atoms with E-state index in [1.54, 1.807) is 0 Å². The first-order valence-corrected chi connectivity index (χ1v) is 5.54. The van der Waals surface area contributed by atoms with Crippen molar-refractivity contribution in [1.29, 1.82) is 0 Å². The Labute approximate surface area is 82.7 Å². The molecule has 0 amide bonds. The third kappa shape index (κ3) is 3.28. The topological polar surface area (TPSA) is 15.3 Å². The highest BCUT2D eigenvalue weighted by molar-refractivity contribution is 4.89. The molecule has 0 aliphatic carbocycles. The van der Waals surface area contributed by atoms with Crippen LogP contribution in [0.2, 0.25) is 0 Å². The van der Waals surface area contributed by atoms with Gasteiger partial charge in [-0.15, -0.1) is 0 Å². The quantitative estimate of drug-likeness (QED) is 0.700. The Balaban J connectivity index is 2.42. The van der Waals surface area contributed by atoms with E-state index in [0.29, 0.717) is 5.41 Å². The molecule has 0 aromatic rings. The molecule has 78 valence electrons. The van der Waals surface area contributed by atoms with E-state index in [1.165, 1.54) is 45.3 Å². The fourth-order valence-corrected chi connectivity index (χ4v) is 2.45. The van der Waals surface area contributed by atoms with Gasteiger partial charge in [-0.1, -0.05) is 19.8 Å². The highest BCUT2D eigenvalue weighted by Gasteiger charge is 2.33. The van der Waals surface area contributed by atoms with Gasteiger partial charge in [0.25, 0.3) is 0 Å². The third-order valence-electron chi connectivity index (χ3n) is 3.04. The fourth-order valence-electron chi connectivity index (χ4n) is 2.45. The summed E-state index contributed by atoms with van der Waals surface area (Å²) in [5, 5.41) is 3.50. The van der Waals surface area contributed by atoms with Gasteiger partial charge in [-0.2, -0.15) is 0 Å². The van der Waals surface area contributed by atoms with E-state index >= 15 is 0 Å². The van der Waals surface area contributed by atoms with Crippen molar-refractivity contribution < 1.29 is 0 Å². The van der Waals surface area contributed by atoms with E-state index < -0.39 is 0 Å². The van der Waals surface area contributed by atoms with Crippen molar-refractivity contribution in [1.82, 2.24) is 10.2 Å². The van der Waals surface area contributed by atoms with Crippen LogP contribution in [0.15, 0.2) is 0 Å². The minimum Gasteiger partial charge on any atom is -0.316 e. The van der Waals surface area contributed by atoms with Crippen LogP contribution >= 0.6 is 0 Å². The zero-order valence-electron chi connectivity index (χ0n) is 9.40. The van der Waals surface area contributed by atoms with Crippen LogP contribution in [0, 0.1) is 5.41 Å². The van der Waals surface area contributed by atoms with Gasteiger partial charge in [0.05, 0.1) is 0 Å². The van der Waals surface area contributed by atoms with E-state index in [0.717, 1.165) is 0 Å². The molecule has 0 aromatic carbocycles. The average molecular weight is 184 g/mol. The van der Waals surface area contributed by atoms with Crippen molar-refractivity contribution in [2.24, 2.45) is 5.41 Å². The van der Waals surface area contributed by atoms with E-state index in [2.05, 4.69) is 31.2 Å². The third-order valence-corrected chi connectivity index (χ3v) is 3.04. The Kier molecular flexibility index (Phi) is 4.20. The van der Waals surface area contributed by atoms with Crippen molar-refractivity contribution in [2.45, 2.75) is 32.6 Å². The molecule has 0 saturated carbocycles. The Hall–Kier alpha value is -0.0800. The summed E-state index contributed by atoms with van der Waals surface area (Å²) < 4.78 is 0. The lowest BCUT2D eigenvalue weighted by Crippen LogP contribution is -2.35. The Morgan fingerprint density at radius 2 is 2.15 bits per heavy atom. The SMILES string of the molecule is CCCCC1(CN(C)C)CCNC1. The number of nitrogens with zero attached hydrogens (tertiary/aromatic N) is 1. The van der Waals surface area contributed by atoms with Crippen LogP contribution in [0.3, 0.4) is 0 Å². The fraction of sp³-hybridized carbons (Fsp3) is 1.00. The second-order valence-electron chi connectivity index (χ2n) is 4.77. The van der Waals surface area contributed by atoms with Crippen molar-refractivity contribution in [3.8, 4) is 0 Å². The molecule has 1 N–H and O–H groups in total. The van der Waals surface area contributed by atoms with Gasteiger partial charge >= 0.3 is 0 Å². The van der Waals surface area contributed by atoms with Crippen LogP contribution in [-0.4, -0.2) is 38.6 Å². The largest absolute Gasteiger partial charge is 0.316 e. The van der Waals surface area contributed by atoms with Crippen LogP contribution in [0.1, 0.15) is 32.6 Å². The lowest BCUT2D eigenvalue weighted by atomic mass is 9.81. The maximum absolute atomic E-state index is 3.50. The number of hydrogen-bond donors (Lipinski definition) is 1. The van der Waals surface area contributed by atoms with Crippen molar-refractivity contribution in [3.63, 3.8) is 0 Å². The number of unbranched alkanes of at least 4 members (excludes halogenated alkanes) is 1. The molecular formula is C11H24N2. The minimum atomic E-state index is 0.583. The molecule has 0 aromatic heterocycles. The lowest BCUT2D eigenvalue weighted by Gasteiger charge is -2.31. The standard InChI is InChI=1S/C11H24N2/c1-4-5-6-11(10-13(2)3)7-8-12-9-11/h12H,4-10H2,1-3H3. The van der Waals surface area contributed by atoms with Gasteiger partial charge in [-0.25, -0.2) is 0 Å². The smallest absolute Gasteiger partial charge is 0.00445 e. The first kappa shape index (κ1) is 11.0. The van der Waals surface area contributed by atoms with Crippen LogP contribution in [-0.2, 0) is 0 Å². The number of rotatable bonds is 5. The maximum Gasteiger partial charge on any atom is 0.00445 e. The predicted molar refractivity (Wildman–Crippen MR) is 58.0 cm³/mol. The van der Waals surface area contributed by atoms with Gasteiger partial charge in [-0.05, 0) is 38.9 Å². The molecule has 1 saturated heterocycles. The van der Waals surface area contributed by atoms with E-state index in [4.69, 9.17) is 0 Å². The zero-order valence-corrected chi connectivity index (χ0v) is 9.40. The molecule has 1 fully saturated rings. The number of nitrogens with one attached hydrogen (secondary N) is 1. The Morgan fingerprint density at radius 3 is 2.62 bits per heavy atom. The van der Waals surface area contributed by atoms with Crippen LogP contribution in [0.5, 0.6) is 0 Å². The molecule has 1 atom stereocenters. The zero-order chi connectivity index (χ0) is 9.73. The number of hydrogen-bond acceptors (Lipinski definition) is 2. The molecule has 0 spiro atoms. The van der Waals surface area contributed by atoms with Crippen LogP contribution in [0.25, 0.3) is 0 Å². The molecule has 2 nitrogen and oxygen atoms in total. The normalized spacial score (nSPS) is 28.6. The summed E-state index contributed by atoms with van der Waals surface area (Å²) >= 11 is 0. The van der Waals surface area contributed by atoms with Gasteiger partial charge in [-0.3, -0.25) is 0 Å². The van der Waals surface area contributed by atoms with Gasteiger partial charge in [0, 0.05) is 13.1 Å². The first-order valence-electron chi connectivity index (χ1n) is 5.54. The lowest BCUT2D eigenvalue weighted by molar-refractivity contribution is 0.198. The predicted octanol–water partition coefficient (Wildman–Crippen LogP) is 1.72. The highest BCUT2D eigenvalue weighted by atomic mass is 15.1. The molecule has 1 aliphatic heterocycles. The molecular weight excluding hydrogens is 160 g/mol. The molecule has 1 heterocycles. The molecule has 1 aliphatic rings. The first-order chi connectivity index (χ1) is 6.18. The second kappa shape index (κ2) is 4.97. The Morgan fingerprint density at radius 1 is 1.38 bits per heavy atom. The average Bonchev–Trinajstić information content (AvgIpc) is 2.49. The highest BCUT2D eigenvalue weighted by Crippen LogP contribution is 2.31. The summed E-state index contributed by atoms with van der Waals surface area (Å²) in [5.74, 6) is 0. The summed E-state index contributed by atoms with van der Waals surface area (Å²) in [6.07, 6.45) is 5.48. The van der Waals surface area contributed by atoms with Gasteiger partial charge < -0.3 is 10.2 Å². The summed E-state index contributed by atoms with van der Waals surface area (Å²) in [6, 6.07) is 0. The molecule has 13 heavy (non-hydrogen) atoms. The van der Waals surface area contributed by atoms with E-state index in [1.807, 2.05) is 0 Å². The van der Waals surface area contributed by atoms with Gasteiger partial charge in [0.1, 0.15) is 0 Å². The van der Waals surface area contributed by atoms with Gasteiger partial charge in [0.15, 0.2) is 0 Å². The van der Waals surface area contributed by atoms with Crippen molar-refractivity contribution in [2.75, 3.05) is 33.7 Å². The molecule has 0 radical (unpaired) electrons.